The highest BCUT2D eigenvalue weighted by Crippen LogP contribution is 2.33. The minimum absolute atomic E-state index is 0.0424. The first-order valence-corrected chi connectivity index (χ1v) is 8.85. The lowest BCUT2D eigenvalue weighted by Gasteiger charge is -2.09. The zero-order valence-electron chi connectivity index (χ0n) is 15.1. The number of halogens is 1. The van der Waals surface area contributed by atoms with E-state index in [1.165, 1.54) is 17.4 Å². The van der Waals surface area contributed by atoms with Gasteiger partial charge in [-0.3, -0.25) is 4.79 Å². The lowest BCUT2D eigenvalue weighted by Crippen LogP contribution is -2.22. The van der Waals surface area contributed by atoms with Crippen LogP contribution in [-0.4, -0.2) is 31.1 Å². The molecule has 0 bridgehead atoms. The standard InChI is InChI=1S/C18H19FN2O5S/c1-4-25-18(24)15-9(2)10(3)27-16(15)21-14(22)8-26-17(23)12-6-5-11(19)7-13(12)20/h5-7H,4,8,20H2,1-3H3,(H,21,22). The average molecular weight is 394 g/mol. The Morgan fingerprint density at radius 3 is 2.52 bits per heavy atom. The van der Waals surface area contributed by atoms with E-state index >= 15 is 0 Å². The van der Waals surface area contributed by atoms with Crippen molar-refractivity contribution in [3.05, 3.63) is 45.6 Å². The number of rotatable bonds is 6. The summed E-state index contributed by atoms with van der Waals surface area (Å²) in [4.78, 5) is 37.0. The largest absolute Gasteiger partial charge is 0.462 e. The number of nitrogens with one attached hydrogen (secondary N) is 1. The van der Waals surface area contributed by atoms with E-state index in [-0.39, 0.29) is 23.4 Å². The molecule has 2 rings (SSSR count). The molecule has 27 heavy (non-hydrogen) atoms. The summed E-state index contributed by atoms with van der Waals surface area (Å²) < 4.78 is 22.9. The molecule has 0 aliphatic heterocycles. The molecule has 3 N–H and O–H groups in total. The van der Waals surface area contributed by atoms with Gasteiger partial charge in [0.15, 0.2) is 6.61 Å². The van der Waals surface area contributed by atoms with Crippen molar-refractivity contribution in [1.82, 2.24) is 0 Å². The Kier molecular flexibility index (Phi) is 6.51. The van der Waals surface area contributed by atoms with E-state index in [0.29, 0.717) is 10.6 Å². The van der Waals surface area contributed by atoms with Crippen LogP contribution in [0, 0.1) is 19.7 Å². The minimum Gasteiger partial charge on any atom is -0.462 e. The third kappa shape index (κ3) is 4.82. The minimum atomic E-state index is -0.855. The number of carbonyl (C=O) groups excluding carboxylic acids is 3. The number of nitrogens with two attached hydrogens (primary N) is 1. The topological polar surface area (TPSA) is 108 Å². The van der Waals surface area contributed by atoms with Crippen LogP contribution in [-0.2, 0) is 14.3 Å². The molecule has 0 fully saturated rings. The highest BCUT2D eigenvalue weighted by Gasteiger charge is 2.22. The quantitative estimate of drug-likeness (QED) is 0.576. The molecule has 1 aromatic carbocycles. The maximum absolute atomic E-state index is 13.0. The number of anilines is 2. The van der Waals surface area contributed by atoms with Gasteiger partial charge in [0, 0.05) is 10.6 Å². The number of esters is 2. The first-order valence-electron chi connectivity index (χ1n) is 8.03. The van der Waals surface area contributed by atoms with Crippen LogP contribution in [0.5, 0.6) is 0 Å². The molecular weight excluding hydrogens is 375 g/mol. The molecule has 0 radical (unpaired) electrons. The molecule has 144 valence electrons. The average Bonchev–Trinajstić information content (AvgIpc) is 2.86. The maximum atomic E-state index is 13.0. The Morgan fingerprint density at radius 1 is 1.19 bits per heavy atom. The maximum Gasteiger partial charge on any atom is 0.341 e. The predicted octanol–water partition coefficient (Wildman–Crippen LogP) is 3.06. The normalized spacial score (nSPS) is 10.4. The highest BCUT2D eigenvalue weighted by atomic mass is 32.1. The van der Waals surface area contributed by atoms with Crippen molar-refractivity contribution in [2.45, 2.75) is 20.8 Å². The molecule has 1 heterocycles. The Bertz CT molecular complexity index is 894. The van der Waals surface area contributed by atoms with Crippen LogP contribution < -0.4 is 11.1 Å². The van der Waals surface area contributed by atoms with Crippen LogP contribution in [0.4, 0.5) is 15.1 Å². The van der Waals surface area contributed by atoms with Gasteiger partial charge in [-0.1, -0.05) is 0 Å². The van der Waals surface area contributed by atoms with Crippen LogP contribution in [0.3, 0.4) is 0 Å². The number of amides is 1. The molecule has 0 unspecified atom stereocenters. The SMILES string of the molecule is CCOC(=O)c1c(NC(=O)COC(=O)c2ccc(F)cc2N)sc(C)c1C. The Hall–Kier alpha value is -2.94. The number of carbonyl (C=O) groups is 3. The second-order valence-corrected chi connectivity index (χ2v) is 6.79. The summed E-state index contributed by atoms with van der Waals surface area (Å²) in [5.74, 6) is -2.61. The molecule has 9 heteroatoms. The number of nitrogen functional groups attached to an aromatic ring is 1. The van der Waals surface area contributed by atoms with Crippen LogP contribution in [0.1, 0.15) is 38.1 Å². The lowest BCUT2D eigenvalue weighted by molar-refractivity contribution is -0.119. The fourth-order valence-electron chi connectivity index (χ4n) is 2.26. The molecule has 0 aliphatic carbocycles. The van der Waals surface area contributed by atoms with Gasteiger partial charge in [0.25, 0.3) is 5.91 Å². The van der Waals surface area contributed by atoms with Crippen LogP contribution >= 0.6 is 11.3 Å². The monoisotopic (exact) mass is 394 g/mol. The van der Waals surface area contributed by atoms with Gasteiger partial charge in [-0.25, -0.2) is 14.0 Å². The van der Waals surface area contributed by atoms with Crippen LogP contribution in [0.15, 0.2) is 18.2 Å². The first kappa shape index (κ1) is 20.4. The van der Waals surface area contributed by atoms with Crippen molar-refractivity contribution >= 4 is 39.9 Å². The van der Waals surface area contributed by atoms with Gasteiger partial charge in [-0.05, 0) is 44.5 Å². The van der Waals surface area contributed by atoms with Gasteiger partial charge in [0.1, 0.15) is 10.8 Å². The van der Waals surface area contributed by atoms with Gasteiger partial charge in [0.05, 0.1) is 17.7 Å². The third-order valence-corrected chi connectivity index (χ3v) is 4.81. The summed E-state index contributed by atoms with van der Waals surface area (Å²) in [5, 5.41) is 2.88. The van der Waals surface area contributed by atoms with E-state index < -0.39 is 30.3 Å². The predicted molar refractivity (Wildman–Crippen MR) is 99.5 cm³/mol. The second kappa shape index (κ2) is 8.63. The summed E-state index contributed by atoms with van der Waals surface area (Å²) >= 11 is 1.22. The second-order valence-electron chi connectivity index (χ2n) is 5.56. The zero-order valence-corrected chi connectivity index (χ0v) is 15.9. The summed E-state index contributed by atoms with van der Waals surface area (Å²) in [6.45, 7) is 4.87. The molecule has 0 atom stereocenters. The summed E-state index contributed by atoms with van der Waals surface area (Å²) in [5.41, 5.74) is 6.42. The van der Waals surface area contributed by atoms with Crippen molar-refractivity contribution in [2.24, 2.45) is 0 Å². The smallest absolute Gasteiger partial charge is 0.341 e. The Balaban J connectivity index is 2.05. The van der Waals surface area contributed by atoms with Crippen molar-refractivity contribution in [2.75, 3.05) is 24.3 Å². The Morgan fingerprint density at radius 2 is 1.89 bits per heavy atom. The van der Waals surface area contributed by atoms with Gasteiger partial charge in [-0.2, -0.15) is 0 Å². The third-order valence-electron chi connectivity index (χ3n) is 3.69. The molecule has 1 aromatic heterocycles. The molecule has 0 saturated carbocycles. The van der Waals surface area contributed by atoms with E-state index in [2.05, 4.69) is 5.32 Å². The molecule has 0 aliphatic rings. The molecule has 7 nitrogen and oxygen atoms in total. The highest BCUT2D eigenvalue weighted by molar-refractivity contribution is 7.16. The molecule has 2 aromatic rings. The van der Waals surface area contributed by atoms with E-state index in [9.17, 15) is 18.8 Å². The number of ether oxygens (including phenoxy) is 2. The van der Waals surface area contributed by atoms with Gasteiger partial charge >= 0.3 is 11.9 Å². The van der Waals surface area contributed by atoms with Crippen molar-refractivity contribution in [1.29, 1.82) is 0 Å². The van der Waals surface area contributed by atoms with Gasteiger partial charge in [-0.15, -0.1) is 11.3 Å². The number of hydrogen-bond donors (Lipinski definition) is 2. The first-order chi connectivity index (χ1) is 12.7. The van der Waals surface area contributed by atoms with E-state index in [1.54, 1.807) is 13.8 Å². The van der Waals surface area contributed by atoms with E-state index in [4.69, 9.17) is 15.2 Å². The summed E-state index contributed by atoms with van der Waals surface area (Å²) in [7, 11) is 0. The van der Waals surface area contributed by atoms with Crippen molar-refractivity contribution in [3.63, 3.8) is 0 Å². The number of hydrogen-bond acceptors (Lipinski definition) is 7. The van der Waals surface area contributed by atoms with E-state index in [0.717, 1.165) is 17.0 Å². The number of aryl methyl sites for hydroxylation is 1. The molecule has 0 saturated heterocycles. The number of benzene rings is 1. The fourth-order valence-corrected chi connectivity index (χ4v) is 3.32. The Labute approximate surface area is 159 Å². The molecule has 0 spiro atoms. The lowest BCUT2D eigenvalue weighted by atomic mass is 10.1. The molecule has 1 amide bonds. The van der Waals surface area contributed by atoms with E-state index in [1.807, 2.05) is 6.92 Å². The molecular formula is C18H19FN2O5S. The summed E-state index contributed by atoms with van der Waals surface area (Å²) in [6, 6.07) is 3.23. The van der Waals surface area contributed by atoms with Gasteiger partial charge < -0.3 is 20.5 Å². The number of thiophene rings is 1. The van der Waals surface area contributed by atoms with Gasteiger partial charge in [0.2, 0.25) is 0 Å². The zero-order chi connectivity index (χ0) is 20.1. The van der Waals surface area contributed by atoms with Crippen LogP contribution in [0.2, 0.25) is 0 Å². The van der Waals surface area contributed by atoms with Crippen molar-refractivity contribution < 1.29 is 28.2 Å². The van der Waals surface area contributed by atoms with Crippen molar-refractivity contribution in [3.8, 4) is 0 Å². The van der Waals surface area contributed by atoms with Crippen LogP contribution in [0.25, 0.3) is 0 Å². The fraction of sp³-hybridized carbons (Fsp3) is 0.278. The summed E-state index contributed by atoms with van der Waals surface area (Å²) in [6.07, 6.45) is 0.